The van der Waals surface area contributed by atoms with Crippen molar-refractivity contribution in [2.75, 3.05) is 5.32 Å². The molecule has 1 heterocycles. The van der Waals surface area contributed by atoms with E-state index in [1.807, 2.05) is 19.9 Å². The second-order valence-electron chi connectivity index (χ2n) is 6.18. The number of cyclic esters (lactones) is 1. The Balaban J connectivity index is 1.86. The van der Waals surface area contributed by atoms with E-state index >= 15 is 0 Å². The Morgan fingerprint density at radius 3 is 2.71 bits per heavy atom. The molecule has 1 amide bonds. The van der Waals surface area contributed by atoms with Crippen LogP contribution in [0.15, 0.2) is 42.5 Å². The van der Waals surface area contributed by atoms with Gasteiger partial charge in [0, 0.05) is 22.4 Å². The molecule has 2 aromatic rings. The number of esters is 1. The molecule has 2 aromatic carbocycles. The van der Waals surface area contributed by atoms with E-state index in [4.69, 9.17) is 4.74 Å². The molecule has 0 fully saturated rings. The molecule has 0 spiro atoms. The van der Waals surface area contributed by atoms with E-state index in [-0.39, 0.29) is 18.4 Å². The molecule has 5 heteroatoms. The van der Waals surface area contributed by atoms with Gasteiger partial charge in [0.2, 0.25) is 0 Å². The predicted molar refractivity (Wildman–Crippen MR) is 89.8 cm³/mol. The summed E-state index contributed by atoms with van der Waals surface area (Å²) >= 11 is 0. The number of benzene rings is 2. The molecule has 1 aliphatic rings. The Bertz CT molecular complexity index is 798. The SMILES string of the molecule is CC(C)C(O)c1ccccc1NC(=O)c1ccc2c(c1)C(=O)OC2. The fourth-order valence-corrected chi connectivity index (χ4v) is 2.68. The number of nitrogens with one attached hydrogen (secondary N) is 1. The summed E-state index contributed by atoms with van der Waals surface area (Å²) in [6.45, 7) is 4.07. The Morgan fingerprint density at radius 2 is 1.96 bits per heavy atom. The van der Waals surface area contributed by atoms with Gasteiger partial charge in [0.05, 0.1) is 11.7 Å². The van der Waals surface area contributed by atoms with Crippen LogP contribution in [0.3, 0.4) is 0 Å². The van der Waals surface area contributed by atoms with E-state index in [1.165, 1.54) is 0 Å². The summed E-state index contributed by atoms with van der Waals surface area (Å²) in [5, 5.41) is 13.1. The quantitative estimate of drug-likeness (QED) is 0.846. The highest BCUT2D eigenvalue weighted by molar-refractivity contribution is 6.06. The zero-order valence-electron chi connectivity index (χ0n) is 13.6. The summed E-state index contributed by atoms with van der Waals surface area (Å²) in [4.78, 5) is 24.2. The van der Waals surface area contributed by atoms with Crippen molar-refractivity contribution in [3.63, 3.8) is 0 Å². The van der Waals surface area contributed by atoms with Crippen LogP contribution in [0.5, 0.6) is 0 Å². The van der Waals surface area contributed by atoms with Gasteiger partial charge in [-0.15, -0.1) is 0 Å². The number of ether oxygens (including phenoxy) is 1. The van der Waals surface area contributed by atoms with Crippen molar-refractivity contribution >= 4 is 17.6 Å². The number of hydrogen-bond acceptors (Lipinski definition) is 4. The van der Waals surface area contributed by atoms with Gasteiger partial charge in [-0.3, -0.25) is 4.79 Å². The van der Waals surface area contributed by atoms with Gasteiger partial charge in [0.15, 0.2) is 0 Å². The number of rotatable bonds is 4. The number of fused-ring (bicyclic) bond motifs is 1. The van der Waals surface area contributed by atoms with E-state index in [0.717, 1.165) is 5.56 Å². The Kier molecular flexibility index (Phi) is 4.36. The topological polar surface area (TPSA) is 75.6 Å². The van der Waals surface area contributed by atoms with Crippen molar-refractivity contribution in [1.82, 2.24) is 0 Å². The van der Waals surface area contributed by atoms with Crippen LogP contribution in [0, 0.1) is 5.92 Å². The molecule has 0 aromatic heterocycles. The monoisotopic (exact) mass is 325 g/mol. The minimum absolute atomic E-state index is 0.0258. The standard InChI is InChI=1S/C19H19NO4/c1-11(2)17(21)14-5-3-4-6-16(14)20-18(22)12-7-8-13-10-24-19(23)15(13)9-12/h3-9,11,17,21H,10H2,1-2H3,(H,20,22). The second kappa shape index (κ2) is 6.45. The minimum Gasteiger partial charge on any atom is -0.457 e. The van der Waals surface area contributed by atoms with Crippen molar-refractivity contribution in [3.8, 4) is 0 Å². The third-order valence-corrected chi connectivity index (χ3v) is 4.11. The second-order valence-corrected chi connectivity index (χ2v) is 6.18. The van der Waals surface area contributed by atoms with Crippen LogP contribution in [0.1, 0.15) is 51.8 Å². The molecule has 2 N–H and O–H groups in total. The van der Waals surface area contributed by atoms with Crippen molar-refractivity contribution in [3.05, 3.63) is 64.7 Å². The van der Waals surface area contributed by atoms with Crippen LogP contribution in [0.2, 0.25) is 0 Å². The van der Waals surface area contributed by atoms with Crippen LogP contribution in [0.25, 0.3) is 0 Å². The van der Waals surface area contributed by atoms with Crippen LogP contribution in [-0.2, 0) is 11.3 Å². The third kappa shape index (κ3) is 3.03. The van der Waals surface area contributed by atoms with Gasteiger partial charge in [-0.1, -0.05) is 38.1 Å². The first-order valence-corrected chi connectivity index (χ1v) is 7.85. The van der Waals surface area contributed by atoms with Gasteiger partial charge in [0.1, 0.15) is 6.61 Å². The summed E-state index contributed by atoms with van der Waals surface area (Å²) in [6, 6.07) is 12.1. The van der Waals surface area contributed by atoms with E-state index in [0.29, 0.717) is 22.4 Å². The van der Waals surface area contributed by atoms with Crippen molar-refractivity contribution < 1.29 is 19.4 Å². The maximum absolute atomic E-state index is 12.5. The molecule has 1 atom stereocenters. The number of anilines is 1. The van der Waals surface area contributed by atoms with Gasteiger partial charge in [-0.25, -0.2) is 4.79 Å². The van der Waals surface area contributed by atoms with Crippen LogP contribution in [-0.4, -0.2) is 17.0 Å². The molecular formula is C19H19NO4. The maximum Gasteiger partial charge on any atom is 0.338 e. The normalized spacial score (nSPS) is 14.2. The van der Waals surface area contributed by atoms with Crippen LogP contribution >= 0.6 is 0 Å². The molecule has 1 unspecified atom stereocenters. The van der Waals surface area contributed by atoms with Crippen molar-refractivity contribution in [2.24, 2.45) is 5.92 Å². The predicted octanol–water partition coefficient (Wildman–Crippen LogP) is 3.30. The van der Waals surface area contributed by atoms with E-state index < -0.39 is 12.1 Å². The van der Waals surface area contributed by atoms with Gasteiger partial charge < -0.3 is 15.2 Å². The van der Waals surface area contributed by atoms with Crippen molar-refractivity contribution in [2.45, 2.75) is 26.6 Å². The van der Waals surface area contributed by atoms with E-state index in [9.17, 15) is 14.7 Å². The first-order valence-electron chi connectivity index (χ1n) is 7.85. The number of carbonyl (C=O) groups is 2. The highest BCUT2D eigenvalue weighted by Gasteiger charge is 2.23. The lowest BCUT2D eigenvalue weighted by Crippen LogP contribution is -2.16. The lowest BCUT2D eigenvalue weighted by Gasteiger charge is -2.19. The molecule has 0 saturated carbocycles. The first-order chi connectivity index (χ1) is 11.5. The molecule has 124 valence electrons. The van der Waals surface area contributed by atoms with Gasteiger partial charge >= 0.3 is 5.97 Å². The summed E-state index contributed by atoms with van der Waals surface area (Å²) in [5.74, 6) is -0.714. The largest absolute Gasteiger partial charge is 0.457 e. The summed E-state index contributed by atoms with van der Waals surface area (Å²) in [7, 11) is 0. The van der Waals surface area contributed by atoms with Gasteiger partial charge in [0.25, 0.3) is 5.91 Å². The van der Waals surface area contributed by atoms with Crippen LogP contribution in [0.4, 0.5) is 5.69 Å². The molecule has 0 radical (unpaired) electrons. The summed E-state index contributed by atoms with van der Waals surface area (Å²) in [6.07, 6.45) is -0.670. The molecule has 0 aliphatic carbocycles. The van der Waals surface area contributed by atoms with Gasteiger partial charge in [-0.05, 0) is 24.1 Å². The number of para-hydroxylation sites is 1. The lowest BCUT2D eigenvalue weighted by molar-refractivity contribution is 0.0535. The average Bonchev–Trinajstić information content (AvgIpc) is 2.95. The van der Waals surface area contributed by atoms with Crippen LogP contribution < -0.4 is 5.32 Å². The molecule has 3 rings (SSSR count). The number of aliphatic hydroxyl groups is 1. The van der Waals surface area contributed by atoms with Crippen molar-refractivity contribution in [1.29, 1.82) is 0 Å². The number of hydrogen-bond donors (Lipinski definition) is 2. The fourth-order valence-electron chi connectivity index (χ4n) is 2.68. The minimum atomic E-state index is -0.670. The molecular weight excluding hydrogens is 306 g/mol. The Labute approximate surface area is 140 Å². The molecule has 24 heavy (non-hydrogen) atoms. The lowest BCUT2D eigenvalue weighted by atomic mass is 9.97. The maximum atomic E-state index is 12.5. The zero-order chi connectivity index (χ0) is 17.3. The van der Waals surface area contributed by atoms with Gasteiger partial charge in [-0.2, -0.15) is 0 Å². The van der Waals surface area contributed by atoms with E-state index in [2.05, 4.69) is 5.32 Å². The van der Waals surface area contributed by atoms with E-state index in [1.54, 1.807) is 36.4 Å². The smallest absolute Gasteiger partial charge is 0.338 e. The fraction of sp³-hybridized carbons (Fsp3) is 0.263. The summed E-state index contributed by atoms with van der Waals surface area (Å²) in [5.41, 5.74) is 2.82. The zero-order valence-corrected chi connectivity index (χ0v) is 13.6. The average molecular weight is 325 g/mol. The molecule has 5 nitrogen and oxygen atoms in total. The molecule has 1 aliphatic heterocycles. The third-order valence-electron chi connectivity index (χ3n) is 4.11. The highest BCUT2D eigenvalue weighted by atomic mass is 16.5. The molecule has 0 saturated heterocycles. The number of amides is 1. The Morgan fingerprint density at radius 1 is 1.21 bits per heavy atom. The highest BCUT2D eigenvalue weighted by Crippen LogP contribution is 2.29. The molecule has 0 bridgehead atoms. The Hall–Kier alpha value is -2.66. The number of carbonyl (C=O) groups excluding carboxylic acids is 2. The first kappa shape index (κ1) is 16.2. The summed E-state index contributed by atoms with van der Waals surface area (Å²) < 4.78 is 4.95. The number of aliphatic hydroxyl groups excluding tert-OH is 1.